The number of aryl methyl sites for hydroxylation is 3. The molecule has 1 amide bonds. The number of nitrogens with zero attached hydrogens (tertiary/aromatic N) is 3. The molecular formula is C19H24N4O. The number of hydrogen-bond donors (Lipinski definition) is 1. The highest BCUT2D eigenvalue weighted by Crippen LogP contribution is 2.23. The van der Waals surface area contributed by atoms with Gasteiger partial charge in [0.05, 0.1) is 11.7 Å². The highest BCUT2D eigenvalue weighted by Gasteiger charge is 2.17. The van der Waals surface area contributed by atoms with Crippen LogP contribution in [-0.4, -0.2) is 20.3 Å². The third-order valence-corrected chi connectivity index (χ3v) is 4.54. The maximum absolute atomic E-state index is 12.8. The number of carbonyl (C=O) groups excluding carboxylic acids is 1. The molecule has 0 saturated heterocycles. The standard InChI is InChI=1S/C19H24N4O/c1-6-14(4)23-18(10-13(3)21-23)20-19(24)17-11-15-9-12(2)7-8-16(15)22(17)5/h7-11,14H,6H2,1-5H3,(H,20,24). The summed E-state index contributed by atoms with van der Waals surface area (Å²) in [6.07, 6.45) is 0.956. The second-order valence-electron chi connectivity index (χ2n) is 6.48. The van der Waals surface area contributed by atoms with Crippen LogP contribution < -0.4 is 5.32 Å². The number of rotatable bonds is 4. The lowest BCUT2D eigenvalue weighted by Gasteiger charge is -2.14. The van der Waals surface area contributed by atoms with E-state index in [1.54, 1.807) is 0 Å². The van der Waals surface area contributed by atoms with Crippen molar-refractivity contribution in [1.29, 1.82) is 0 Å². The number of anilines is 1. The Kier molecular flexibility index (Phi) is 4.18. The van der Waals surface area contributed by atoms with Crippen LogP contribution in [0.5, 0.6) is 0 Å². The van der Waals surface area contributed by atoms with E-state index in [4.69, 9.17) is 0 Å². The number of amides is 1. The summed E-state index contributed by atoms with van der Waals surface area (Å²) in [6.45, 7) is 8.20. The first-order chi connectivity index (χ1) is 11.4. The first kappa shape index (κ1) is 16.3. The van der Waals surface area contributed by atoms with E-state index in [1.807, 2.05) is 35.4 Å². The van der Waals surface area contributed by atoms with Crippen molar-refractivity contribution in [3.8, 4) is 0 Å². The van der Waals surface area contributed by atoms with Gasteiger partial charge in [-0.1, -0.05) is 18.6 Å². The van der Waals surface area contributed by atoms with Crippen molar-refractivity contribution in [2.75, 3.05) is 5.32 Å². The molecule has 1 atom stereocenters. The topological polar surface area (TPSA) is 51.9 Å². The van der Waals surface area contributed by atoms with E-state index in [1.165, 1.54) is 5.56 Å². The van der Waals surface area contributed by atoms with E-state index in [0.29, 0.717) is 5.69 Å². The average molecular weight is 324 g/mol. The van der Waals surface area contributed by atoms with E-state index in [2.05, 4.69) is 49.4 Å². The molecule has 5 heteroatoms. The zero-order valence-electron chi connectivity index (χ0n) is 14.9. The Morgan fingerprint density at radius 3 is 2.71 bits per heavy atom. The minimum atomic E-state index is -0.115. The van der Waals surface area contributed by atoms with Gasteiger partial charge in [-0.15, -0.1) is 0 Å². The normalized spacial score (nSPS) is 12.5. The first-order valence-corrected chi connectivity index (χ1v) is 8.34. The summed E-state index contributed by atoms with van der Waals surface area (Å²) in [5.74, 6) is 0.629. The van der Waals surface area contributed by atoms with Crippen molar-refractivity contribution in [3.05, 3.63) is 47.3 Å². The minimum Gasteiger partial charge on any atom is -0.340 e. The summed E-state index contributed by atoms with van der Waals surface area (Å²) < 4.78 is 3.82. The van der Waals surface area contributed by atoms with E-state index < -0.39 is 0 Å². The fraction of sp³-hybridized carbons (Fsp3) is 0.368. The summed E-state index contributed by atoms with van der Waals surface area (Å²) in [7, 11) is 1.92. The summed E-state index contributed by atoms with van der Waals surface area (Å²) in [5.41, 5.74) is 3.78. The predicted octanol–water partition coefficient (Wildman–Crippen LogP) is 4.21. The molecule has 0 radical (unpaired) electrons. The molecule has 5 nitrogen and oxygen atoms in total. The molecule has 126 valence electrons. The van der Waals surface area contributed by atoms with Crippen molar-refractivity contribution in [1.82, 2.24) is 14.3 Å². The second kappa shape index (κ2) is 6.15. The van der Waals surface area contributed by atoms with Gasteiger partial charge >= 0.3 is 0 Å². The van der Waals surface area contributed by atoms with Crippen molar-refractivity contribution < 1.29 is 4.79 Å². The van der Waals surface area contributed by atoms with Crippen LogP contribution in [0, 0.1) is 13.8 Å². The average Bonchev–Trinajstić information content (AvgIpc) is 3.06. The lowest BCUT2D eigenvalue weighted by atomic mass is 10.2. The number of benzene rings is 1. The Balaban J connectivity index is 1.95. The third-order valence-electron chi connectivity index (χ3n) is 4.54. The number of fused-ring (bicyclic) bond motifs is 1. The van der Waals surface area contributed by atoms with E-state index in [9.17, 15) is 4.79 Å². The van der Waals surface area contributed by atoms with E-state index >= 15 is 0 Å². The highest BCUT2D eigenvalue weighted by atomic mass is 16.2. The molecular weight excluding hydrogens is 300 g/mol. The zero-order chi connectivity index (χ0) is 17.4. The molecule has 2 heterocycles. The molecule has 0 aliphatic rings. The van der Waals surface area contributed by atoms with Gasteiger partial charge in [0.2, 0.25) is 0 Å². The Morgan fingerprint density at radius 1 is 1.25 bits per heavy atom. The van der Waals surface area contributed by atoms with Crippen LogP contribution in [0.2, 0.25) is 0 Å². The summed E-state index contributed by atoms with van der Waals surface area (Å²) in [4.78, 5) is 12.8. The second-order valence-corrected chi connectivity index (χ2v) is 6.48. The van der Waals surface area contributed by atoms with Crippen molar-refractivity contribution >= 4 is 22.6 Å². The summed E-state index contributed by atoms with van der Waals surface area (Å²) in [5, 5.41) is 8.60. The largest absolute Gasteiger partial charge is 0.340 e. The molecule has 0 bridgehead atoms. The van der Waals surface area contributed by atoms with Gasteiger partial charge in [-0.05, 0) is 45.4 Å². The Hall–Kier alpha value is -2.56. The molecule has 3 aromatic rings. The van der Waals surface area contributed by atoms with Crippen LogP contribution in [0.1, 0.15) is 48.1 Å². The number of hydrogen-bond acceptors (Lipinski definition) is 2. The lowest BCUT2D eigenvalue weighted by Crippen LogP contribution is -2.19. The molecule has 0 fully saturated rings. The molecule has 0 saturated carbocycles. The van der Waals surface area contributed by atoms with Gasteiger partial charge in [-0.25, -0.2) is 4.68 Å². The Morgan fingerprint density at radius 2 is 2.00 bits per heavy atom. The lowest BCUT2D eigenvalue weighted by molar-refractivity contribution is 0.101. The zero-order valence-corrected chi connectivity index (χ0v) is 14.9. The van der Waals surface area contributed by atoms with Crippen molar-refractivity contribution in [2.24, 2.45) is 7.05 Å². The van der Waals surface area contributed by atoms with Gasteiger partial charge < -0.3 is 9.88 Å². The van der Waals surface area contributed by atoms with Crippen LogP contribution in [0.25, 0.3) is 10.9 Å². The Bertz CT molecular complexity index is 904. The van der Waals surface area contributed by atoms with Gasteiger partial charge in [0.1, 0.15) is 11.5 Å². The first-order valence-electron chi connectivity index (χ1n) is 8.34. The van der Waals surface area contributed by atoms with E-state index in [0.717, 1.165) is 28.8 Å². The summed E-state index contributed by atoms with van der Waals surface area (Å²) >= 11 is 0. The third kappa shape index (κ3) is 2.82. The summed E-state index contributed by atoms with van der Waals surface area (Å²) in [6, 6.07) is 10.3. The Labute approximate surface area is 142 Å². The quantitative estimate of drug-likeness (QED) is 0.781. The molecule has 1 N–H and O–H groups in total. The molecule has 0 aliphatic heterocycles. The number of carbonyl (C=O) groups is 1. The van der Waals surface area contributed by atoms with Gasteiger partial charge in [-0.2, -0.15) is 5.10 Å². The SMILES string of the molecule is CCC(C)n1nc(C)cc1NC(=O)c1cc2cc(C)ccc2n1C. The van der Waals surface area contributed by atoms with Gasteiger partial charge in [-0.3, -0.25) is 4.79 Å². The monoisotopic (exact) mass is 324 g/mol. The molecule has 3 rings (SSSR count). The van der Waals surface area contributed by atoms with Crippen LogP contribution in [0.4, 0.5) is 5.82 Å². The number of aromatic nitrogens is 3. The maximum Gasteiger partial charge on any atom is 0.273 e. The van der Waals surface area contributed by atoms with Gasteiger partial charge in [0.25, 0.3) is 5.91 Å². The van der Waals surface area contributed by atoms with E-state index in [-0.39, 0.29) is 11.9 Å². The fourth-order valence-electron chi connectivity index (χ4n) is 2.99. The van der Waals surface area contributed by atoms with Crippen LogP contribution in [-0.2, 0) is 7.05 Å². The fourth-order valence-corrected chi connectivity index (χ4v) is 2.99. The van der Waals surface area contributed by atoms with Crippen molar-refractivity contribution in [3.63, 3.8) is 0 Å². The van der Waals surface area contributed by atoms with Crippen LogP contribution >= 0.6 is 0 Å². The van der Waals surface area contributed by atoms with Gasteiger partial charge in [0.15, 0.2) is 0 Å². The molecule has 1 unspecified atom stereocenters. The highest BCUT2D eigenvalue weighted by molar-refractivity contribution is 6.06. The maximum atomic E-state index is 12.8. The predicted molar refractivity (Wildman–Crippen MR) is 97.6 cm³/mol. The van der Waals surface area contributed by atoms with Crippen molar-refractivity contribution in [2.45, 2.75) is 40.2 Å². The minimum absolute atomic E-state index is 0.115. The van der Waals surface area contributed by atoms with Crippen LogP contribution in [0.3, 0.4) is 0 Å². The molecule has 24 heavy (non-hydrogen) atoms. The van der Waals surface area contributed by atoms with Gasteiger partial charge in [0, 0.05) is 24.0 Å². The molecule has 2 aromatic heterocycles. The molecule has 0 aliphatic carbocycles. The molecule has 0 spiro atoms. The number of nitrogens with one attached hydrogen (secondary N) is 1. The smallest absolute Gasteiger partial charge is 0.273 e. The molecule has 1 aromatic carbocycles. The van der Waals surface area contributed by atoms with Crippen LogP contribution in [0.15, 0.2) is 30.3 Å².